The summed E-state index contributed by atoms with van der Waals surface area (Å²) in [6.07, 6.45) is 1.77. The summed E-state index contributed by atoms with van der Waals surface area (Å²) in [7, 11) is 0. The van der Waals surface area contributed by atoms with Crippen molar-refractivity contribution in [1.82, 2.24) is 9.47 Å². The summed E-state index contributed by atoms with van der Waals surface area (Å²) in [5, 5.41) is 10.1. The molecular formula is C25H24ClN3O3S. The third-order valence-corrected chi connectivity index (χ3v) is 6.91. The van der Waals surface area contributed by atoms with Gasteiger partial charge in [-0.3, -0.25) is 14.2 Å². The van der Waals surface area contributed by atoms with Gasteiger partial charge in [0.05, 0.1) is 21.8 Å². The molecule has 1 aromatic heterocycles. The molecule has 1 atom stereocenters. The van der Waals surface area contributed by atoms with E-state index in [4.69, 9.17) is 11.6 Å². The molecule has 2 heterocycles. The Morgan fingerprint density at radius 3 is 2.39 bits per heavy atom. The molecule has 33 heavy (non-hydrogen) atoms. The minimum absolute atomic E-state index is 0.131. The van der Waals surface area contributed by atoms with E-state index in [9.17, 15) is 14.7 Å². The maximum Gasteiger partial charge on any atom is 0.271 e. The van der Waals surface area contributed by atoms with Crippen molar-refractivity contribution in [3.63, 3.8) is 0 Å². The van der Waals surface area contributed by atoms with Crippen LogP contribution in [0.2, 0.25) is 5.02 Å². The fourth-order valence-electron chi connectivity index (χ4n) is 3.96. The summed E-state index contributed by atoms with van der Waals surface area (Å²) in [6.45, 7) is 6.80. The number of likely N-dealkylation sites (N-methyl/N-ethyl adjacent to an activating group) is 1. The molecule has 8 heteroatoms. The number of aromatic hydroxyl groups is 1. The summed E-state index contributed by atoms with van der Waals surface area (Å²) in [5.41, 5.74) is 2.45. The Kier molecular flexibility index (Phi) is 6.54. The van der Waals surface area contributed by atoms with E-state index in [0.29, 0.717) is 38.7 Å². The molecule has 0 saturated carbocycles. The first-order chi connectivity index (χ1) is 15.8. The third-order valence-electron chi connectivity index (χ3n) is 5.68. The average Bonchev–Trinajstić information content (AvgIpc) is 3.10. The van der Waals surface area contributed by atoms with E-state index < -0.39 is 6.04 Å². The number of aromatic nitrogens is 1. The fourth-order valence-corrected chi connectivity index (χ4v) is 5.13. The van der Waals surface area contributed by atoms with Crippen molar-refractivity contribution in [2.75, 3.05) is 13.1 Å². The Bertz CT molecular complexity index is 1400. The van der Waals surface area contributed by atoms with Crippen molar-refractivity contribution in [2.24, 2.45) is 4.99 Å². The molecule has 170 valence electrons. The predicted octanol–water partition coefficient (Wildman–Crippen LogP) is 3.46. The van der Waals surface area contributed by atoms with Crippen LogP contribution >= 0.6 is 22.9 Å². The molecular weight excluding hydrogens is 458 g/mol. The Labute approximate surface area is 200 Å². The zero-order valence-corrected chi connectivity index (χ0v) is 20.2. The lowest BCUT2D eigenvalue weighted by atomic mass is 9.94. The summed E-state index contributed by atoms with van der Waals surface area (Å²) in [5.74, 6) is 0.0283. The minimum atomic E-state index is -0.603. The zero-order chi connectivity index (χ0) is 23.7. The molecule has 0 spiro atoms. The first-order valence-electron chi connectivity index (χ1n) is 10.7. The van der Waals surface area contributed by atoms with Gasteiger partial charge >= 0.3 is 0 Å². The van der Waals surface area contributed by atoms with E-state index in [1.807, 2.05) is 32.9 Å². The fraction of sp³-hybridized carbons (Fsp3) is 0.240. The van der Waals surface area contributed by atoms with Gasteiger partial charge < -0.3 is 10.0 Å². The second-order valence-electron chi connectivity index (χ2n) is 7.70. The third kappa shape index (κ3) is 4.38. The molecule has 0 fully saturated rings. The van der Waals surface area contributed by atoms with Crippen LogP contribution in [0, 0.1) is 0 Å². The van der Waals surface area contributed by atoms with Crippen LogP contribution in [0.4, 0.5) is 0 Å². The molecule has 6 nitrogen and oxygen atoms in total. The van der Waals surface area contributed by atoms with Crippen LogP contribution in [0.15, 0.2) is 69.6 Å². The number of phenols is 1. The molecule has 3 aromatic rings. The van der Waals surface area contributed by atoms with Gasteiger partial charge in [-0.1, -0.05) is 47.2 Å². The number of amides is 1. The van der Waals surface area contributed by atoms with Gasteiger partial charge in [0.25, 0.3) is 11.5 Å². The maximum absolute atomic E-state index is 13.6. The van der Waals surface area contributed by atoms with Gasteiger partial charge in [-0.2, -0.15) is 0 Å². The first-order valence-corrected chi connectivity index (χ1v) is 11.9. The van der Waals surface area contributed by atoms with Crippen molar-refractivity contribution in [2.45, 2.75) is 26.8 Å². The number of fused-ring (bicyclic) bond motifs is 1. The number of carbonyl (C=O) groups is 1. The lowest BCUT2D eigenvalue weighted by Crippen LogP contribution is -2.43. The number of hydrogen-bond acceptors (Lipinski definition) is 5. The smallest absolute Gasteiger partial charge is 0.271 e. The van der Waals surface area contributed by atoms with E-state index in [0.717, 1.165) is 11.1 Å². The van der Waals surface area contributed by atoms with Crippen LogP contribution in [0.3, 0.4) is 0 Å². The normalized spacial score (nSPS) is 15.9. The number of allylic oxidation sites excluding steroid dienone is 1. The second-order valence-corrected chi connectivity index (χ2v) is 9.15. The van der Waals surface area contributed by atoms with Gasteiger partial charge in [0.1, 0.15) is 5.75 Å². The molecule has 1 aliphatic rings. The number of phenolic OH excluding ortho intramolecular Hbond substituents is 1. The van der Waals surface area contributed by atoms with Gasteiger partial charge in [-0.25, -0.2) is 4.99 Å². The molecule has 0 unspecified atom stereocenters. The first kappa shape index (κ1) is 23.0. The SMILES string of the molecule is CCN(CC)C(=O)C1=C(C)N=c2s/c(=C/c3ccc(O)cc3)c(=O)n2[C@H]1c1ccc(Cl)cc1. The van der Waals surface area contributed by atoms with Crippen molar-refractivity contribution < 1.29 is 9.90 Å². The quantitative estimate of drug-likeness (QED) is 0.606. The summed E-state index contributed by atoms with van der Waals surface area (Å²) >= 11 is 7.40. The molecule has 1 amide bonds. The van der Waals surface area contributed by atoms with Gasteiger partial charge in [0.15, 0.2) is 4.80 Å². The summed E-state index contributed by atoms with van der Waals surface area (Å²) in [6, 6.07) is 13.2. The summed E-state index contributed by atoms with van der Waals surface area (Å²) < 4.78 is 2.10. The topological polar surface area (TPSA) is 74.9 Å². The summed E-state index contributed by atoms with van der Waals surface area (Å²) in [4.78, 5) is 34.0. The second kappa shape index (κ2) is 9.37. The van der Waals surface area contributed by atoms with Crippen LogP contribution in [-0.4, -0.2) is 33.6 Å². The molecule has 0 radical (unpaired) electrons. The van der Waals surface area contributed by atoms with Crippen LogP contribution in [0.25, 0.3) is 6.08 Å². The number of hydrogen-bond donors (Lipinski definition) is 1. The molecule has 0 aliphatic carbocycles. The van der Waals surface area contributed by atoms with Gasteiger partial charge in [-0.15, -0.1) is 0 Å². The van der Waals surface area contributed by atoms with Crippen LogP contribution < -0.4 is 14.9 Å². The van der Waals surface area contributed by atoms with Crippen LogP contribution in [0.5, 0.6) is 5.75 Å². The zero-order valence-electron chi connectivity index (χ0n) is 18.6. The Hall–Kier alpha value is -3.16. The van der Waals surface area contributed by atoms with Gasteiger partial charge in [0.2, 0.25) is 0 Å². The Balaban J connectivity index is 1.95. The number of carbonyl (C=O) groups excluding carboxylic acids is 1. The lowest BCUT2D eigenvalue weighted by Gasteiger charge is -2.29. The average molecular weight is 482 g/mol. The minimum Gasteiger partial charge on any atom is -0.508 e. The van der Waals surface area contributed by atoms with Crippen LogP contribution in [0.1, 0.15) is 37.9 Å². The van der Waals surface area contributed by atoms with E-state index in [-0.39, 0.29) is 17.2 Å². The van der Waals surface area contributed by atoms with E-state index in [1.54, 1.807) is 51.9 Å². The molecule has 1 aliphatic heterocycles. The highest BCUT2D eigenvalue weighted by atomic mass is 35.5. The number of rotatable bonds is 5. The highest BCUT2D eigenvalue weighted by Crippen LogP contribution is 2.31. The molecule has 2 aromatic carbocycles. The van der Waals surface area contributed by atoms with E-state index in [1.165, 1.54) is 11.3 Å². The number of nitrogens with zero attached hydrogens (tertiary/aromatic N) is 3. The monoisotopic (exact) mass is 481 g/mol. The van der Waals surface area contributed by atoms with E-state index in [2.05, 4.69) is 4.99 Å². The maximum atomic E-state index is 13.6. The molecule has 1 N–H and O–H groups in total. The Morgan fingerprint density at radius 2 is 1.79 bits per heavy atom. The van der Waals surface area contributed by atoms with Gasteiger partial charge in [0, 0.05) is 18.1 Å². The van der Waals surface area contributed by atoms with Crippen molar-refractivity contribution in [1.29, 1.82) is 0 Å². The number of halogens is 1. The molecule has 0 bridgehead atoms. The Morgan fingerprint density at radius 1 is 1.15 bits per heavy atom. The van der Waals surface area contributed by atoms with E-state index >= 15 is 0 Å². The van der Waals surface area contributed by atoms with Crippen molar-refractivity contribution >= 4 is 34.9 Å². The van der Waals surface area contributed by atoms with Crippen molar-refractivity contribution in [3.8, 4) is 5.75 Å². The van der Waals surface area contributed by atoms with Crippen molar-refractivity contribution in [3.05, 3.63) is 95.6 Å². The highest BCUT2D eigenvalue weighted by Gasteiger charge is 2.34. The van der Waals surface area contributed by atoms with Gasteiger partial charge in [-0.05, 0) is 62.2 Å². The standard InChI is InChI=1S/C25H24ClN3O3S/c1-4-28(5-2)24(32)21-15(3)27-25-29(22(21)17-8-10-18(26)11-9-17)23(31)20(33-25)14-16-6-12-19(30)13-7-16/h6-14,22,30H,4-5H2,1-3H3/b20-14+/t22-/m0/s1. The largest absolute Gasteiger partial charge is 0.508 e. The number of thiazole rings is 1. The number of benzene rings is 2. The molecule has 4 rings (SSSR count). The molecule has 0 saturated heterocycles. The van der Waals surface area contributed by atoms with Crippen LogP contribution in [-0.2, 0) is 4.79 Å². The predicted molar refractivity (Wildman–Crippen MR) is 131 cm³/mol. The highest BCUT2D eigenvalue weighted by molar-refractivity contribution is 7.07. The lowest BCUT2D eigenvalue weighted by molar-refractivity contribution is -0.127.